The molecule has 2 aromatic carbocycles. The lowest BCUT2D eigenvalue weighted by Crippen LogP contribution is -2.13. The fraction of sp³-hybridized carbons (Fsp3) is 0.188. The molecule has 2 aliphatic heterocycles. The van der Waals surface area contributed by atoms with Crippen molar-refractivity contribution in [3.63, 3.8) is 0 Å². The van der Waals surface area contributed by atoms with E-state index >= 15 is 0 Å². The van der Waals surface area contributed by atoms with Gasteiger partial charge in [-0.2, -0.15) is 0 Å². The molecule has 1 amide bonds. The van der Waals surface area contributed by atoms with Crippen molar-refractivity contribution in [2.24, 2.45) is 0 Å². The summed E-state index contributed by atoms with van der Waals surface area (Å²) < 4.78 is 5.43. The number of hydrogen-bond donors (Lipinski definition) is 2. The van der Waals surface area contributed by atoms with E-state index < -0.39 is 5.92 Å². The zero-order valence-electron chi connectivity index (χ0n) is 10.7. The molecule has 0 aromatic heterocycles. The Hall–Kier alpha value is -2.49. The summed E-state index contributed by atoms with van der Waals surface area (Å²) in [5, 5.41) is 13.1. The number of benzene rings is 2. The van der Waals surface area contributed by atoms with Crippen LogP contribution in [0.3, 0.4) is 0 Å². The average Bonchev–Trinajstić information content (AvgIpc) is 3.00. The number of carbonyl (C=O) groups excluding carboxylic acids is 1. The van der Waals surface area contributed by atoms with Crippen LogP contribution < -0.4 is 10.1 Å². The smallest absolute Gasteiger partial charge is 0.236 e. The highest BCUT2D eigenvalue weighted by Gasteiger charge is 2.34. The van der Waals surface area contributed by atoms with E-state index in [0.717, 1.165) is 29.0 Å². The average molecular weight is 267 g/mol. The molecule has 4 heteroatoms. The SMILES string of the molecule is O=C1Nc2ccccc2C1c1cc2c(cc1O)OCC2. The highest BCUT2D eigenvalue weighted by atomic mass is 16.5. The molecule has 0 radical (unpaired) electrons. The molecule has 4 nitrogen and oxygen atoms in total. The Morgan fingerprint density at radius 3 is 2.95 bits per heavy atom. The summed E-state index contributed by atoms with van der Waals surface area (Å²) in [6, 6.07) is 11.1. The number of ether oxygens (including phenoxy) is 1. The van der Waals surface area contributed by atoms with E-state index in [1.54, 1.807) is 6.07 Å². The Bertz CT molecular complexity index is 724. The summed E-state index contributed by atoms with van der Waals surface area (Å²) in [5.41, 5.74) is 3.43. The van der Waals surface area contributed by atoms with Gasteiger partial charge in [-0.05, 0) is 23.3 Å². The molecule has 100 valence electrons. The van der Waals surface area contributed by atoms with Crippen LogP contribution in [0.4, 0.5) is 5.69 Å². The Balaban J connectivity index is 1.88. The number of fused-ring (bicyclic) bond motifs is 2. The zero-order valence-corrected chi connectivity index (χ0v) is 10.7. The third kappa shape index (κ3) is 1.51. The number of anilines is 1. The lowest BCUT2D eigenvalue weighted by atomic mass is 9.90. The molecule has 1 atom stereocenters. The molecule has 2 aliphatic rings. The summed E-state index contributed by atoms with van der Waals surface area (Å²) in [6.45, 7) is 0.631. The van der Waals surface area contributed by atoms with Gasteiger partial charge in [-0.3, -0.25) is 4.79 Å². The largest absolute Gasteiger partial charge is 0.507 e. The van der Waals surface area contributed by atoms with Gasteiger partial charge in [0.05, 0.1) is 12.5 Å². The van der Waals surface area contributed by atoms with Gasteiger partial charge in [0.2, 0.25) is 5.91 Å². The number of para-hydroxylation sites is 1. The van der Waals surface area contributed by atoms with Crippen molar-refractivity contribution in [1.82, 2.24) is 0 Å². The van der Waals surface area contributed by atoms with Gasteiger partial charge in [-0.15, -0.1) is 0 Å². The lowest BCUT2D eigenvalue weighted by Gasteiger charge is -2.13. The summed E-state index contributed by atoms with van der Waals surface area (Å²) in [6.07, 6.45) is 0.818. The number of phenolic OH excluding ortho intramolecular Hbond substituents is 1. The summed E-state index contributed by atoms with van der Waals surface area (Å²) in [7, 11) is 0. The number of aromatic hydroxyl groups is 1. The van der Waals surface area contributed by atoms with E-state index in [1.807, 2.05) is 30.3 Å². The maximum Gasteiger partial charge on any atom is 0.236 e. The molecule has 0 aliphatic carbocycles. The van der Waals surface area contributed by atoms with Crippen LogP contribution in [0.25, 0.3) is 0 Å². The summed E-state index contributed by atoms with van der Waals surface area (Å²) in [4.78, 5) is 12.2. The van der Waals surface area contributed by atoms with Gasteiger partial charge in [0, 0.05) is 23.7 Å². The molecule has 2 aromatic rings. The Morgan fingerprint density at radius 1 is 1.20 bits per heavy atom. The minimum Gasteiger partial charge on any atom is -0.507 e. The number of nitrogens with one attached hydrogen (secondary N) is 1. The van der Waals surface area contributed by atoms with Crippen LogP contribution in [-0.4, -0.2) is 17.6 Å². The normalized spacial score (nSPS) is 19.2. The fourth-order valence-corrected chi connectivity index (χ4v) is 2.98. The zero-order chi connectivity index (χ0) is 13.7. The molecular formula is C16H13NO3. The predicted molar refractivity (Wildman–Crippen MR) is 74.2 cm³/mol. The van der Waals surface area contributed by atoms with Crippen LogP contribution in [0.15, 0.2) is 36.4 Å². The van der Waals surface area contributed by atoms with Gasteiger partial charge in [0.1, 0.15) is 11.5 Å². The third-order valence-corrected chi connectivity index (χ3v) is 3.94. The van der Waals surface area contributed by atoms with E-state index in [-0.39, 0.29) is 11.7 Å². The first kappa shape index (κ1) is 11.3. The van der Waals surface area contributed by atoms with Crippen molar-refractivity contribution < 1.29 is 14.6 Å². The molecule has 20 heavy (non-hydrogen) atoms. The standard InChI is InChI=1S/C16H13NO3/c18-13-8-14-9(5-6-20-14)7-11(13)15-10-3-1-2-4-12(10)17-16(15)19/h1-4,7-8,15,18H,5-6H2,(H,17,19). The van der Waals surface area contributed by atoms with E-state index in [0.29, 0.717) is 12.2 Å². The van der Waals surface area contributed by atoms with Gasteiger partial charge >= 0.3 is 0 Å². The van der Waals surface area contributed by atoms with Gasteiger partial charge in [0.25, 0.3) is 0 Å². The highest BCUT2D eigenvalue weighted by Crippen LogP contribution is 2.43. The molecule has 2 heterocycles. The van der Waals surface area contributed by atoms with E-state index in [1.165, 1.54) is 0 Å². The van der Waals surface area contributed by atoms with Gasteiger partial charge in [-0.1, -0.05) is 18.2 Å². The van der Waals surface area contributed by atoms with E-state index in [9.17, 15) is 9.90 Å². The number of hydrogen-bond acceptors (Lipinski definition) is 3. The maximum atomic E-state index is 12.2. The minimum atomic E-state index is -0.447. The topological polar surface area (TPSA) is 58.6 Å². The number of amides is 1. The number of phenols is 1. The van der Waals surface area contributed by atoms with Gasteiger partial charge in [-0.25, -0.2) is 0 Å². The molecule has 2 N–H and O–H groups in total. The molecule has 4 rings (SSSR count). The Labute approximate surface area is 116 Å². The van der Waals surface area contributed by atoms with Crippen LogP contribution in [0.1, 0.15) is 22.6 Å². The first-order valence-electron chi connectivity index (χ1n) is 6.62. The van der Waals surface area contributed by atoms with Crippen molar-refractivity contribution in [1.29, 1.82) is 0 Å². The second-order valence-electron chi connectivity index (χ2n) is 5.13. The van der Waals surface area contributed by atoms with Crippen molar-refractivity contribution >= 4 is 11.6 Å². The second-order valence-corrected chi connectivity index (χ2v) is 5.13. The molecule has 0 bridgehead atoms. The quantitative estimate of drug-likeness (QED) is 0.834. The van der Waals surface area contributed by atoms with Crippen molar-refractivity contribution in [2.75, 3.05) is 11.9 Å². The first-order chi connectivity index (χ1) is 9.74. The monoisotopic (exact) mass is 267 g/mol. The molecule has 0 spiro atoms. The van der Waals surface area contributed by atoms with Crippen LogP contribution in [0.5, 0.6) is 11.5 Å². The highest BCUT2D eigenvalue weighted by molar-refractivity contribution is 6.05. The Morgan fingerprint density at radius 2 is 2.05 bits per heavy atom. The fourth-order valence-electron chi connectivity index (χ4n) is 2.98. The van der Waals surface area contributed by atoms with Crippen LogP contribution >= 0.6 is 0 Å². The second kappa shape index (κ2) is 4.00. The van der Waals surface area contributed by atoms with E-state index in [2.05, 4.69) is 5.32 Å². The number of rotatable bonds is 1. The van der Waals surface area contributed by atoms with Crippen LogP contribution in [0, 0.1) is 0 Å². The van der Waals surface area contributed by atoms with Crippen molar-refractivity contribution in [2.45, 2.75) is 12.3 Å². The maximum absolute atomic E-state index is 12.2. The summed E-state index contributed by atoms with van der Waals surface area (Å²) in [5.74, 6) is 0.290. The molecule has 0 fully saturated rings. The lowest BCUT2D eigenvalue weighted by molar-refractivity contribution is -0.116. The molecule has 1 unspecified atom stereocenters. The summed E-state index contributed by atoms with van der Waals surface area (Å²) >= 11 is 0. The van der Waals surface area contributed by atoms with Crippen LogP contribution in [-0.2, 0) is 11.2 Å². The molecular weight excluding hydrogens is 254 g/mol. The number of carbonyl (C=O) groups is 1. The predicted octanol–water partition coefficient (Wildman–Crippen LogP) is 2.41. The Kier molecular flexibility index (Phi) is 2.27. The van der Waals surface area contributed by atoms with Crippen molar-refractivity contribution in [3.05, 3.63) is 53.1 Å². The minimum absolute atomic E-state index is 0.0969. The van der Waals surface area contributed by atoms with Crippen molar-refractivity contribution in [3.8, 4) is 11.5 Å². The molecule has 0 saturated carbocycles. The first-order valence-corrected chi connectivity index (χ1v) is 6.62. The molecule has 0 saturated heterocycles. The third-order valence-electron chi connectivity index (χ3n) is 3.94. The van der Waals surface area contributed by atoms with Gasteiger partial charge < -0.3 is 15.2 Å². The van der Waals surface area contributed by atoms with Crippen LogP contribution in [0.2, 0.25) is 0 Å². The van der Waals surface area contributed by atoms with Gasteiger partial charge in [0.15, 0.2) is 0 Å². The van der Waals surface area contributed by atoms with E-state index in [4.69, 9.17) is 4.74 Å².